The molecule has 2 aliphatic carbocycles. The topological polar surface area (TPSA) is 52.6 Å². The summed E-state index contributed by atoms with van der Waals surface area (Å²) in [6.45, 7) is 2.66. The molecule has 0 aliphatic heterocycles. The van der Waals surface area contributed by atoms with E-state index < -0.39 is 11.9 Å². The monoisotopic (exact) mass is 258 g/mol. The maximum absolute atomic E-state index is 11.1. The molecule has 1 aromatic rings. The molecule has 19 heavy (non-hydrogen) atoms. The number of rotatable bonds is 2. The van der Waals surface area contributed by atoms with Gasteiger partial charge in [-0.25, -0.2) is 0 Å². The zero-order chi connectivity index (χ0) is 13.6. The number of hydrogen-bond donors (Lipinski definition) is 0. The first-order valence-electron chi connectivity index (χ1n) is 6.27. The molecular weight excluding hydrogens is 244 g/mol. The highest BCUT2D eigenvalue weighted by atomic mass is 16.6. The molecule has 0 spiro atoms. The van der Waals surface area contributed by atoms with Crippen LogP contribution in [0.15, 0.2) is 24.3 Å². The van der Waals surface area contributed by atoms with Crippen LogP contribution in [0.2, 0.25) is 0 Å². The van der Waals surface area contributed by atoms with Gasteiger partial charge in [-0.15, -0.1) is 0 Å². The number of esters is 2. The number of carbonyl (C=O) groups is 2. The van der Waals surface area contributed by atoms with Crippen molar-refractivity contribution in [3.8, 4) is 11.5 Å². The quantitative estimate of drug-likeness (QED) is 0.465. The predicted octanol–water partition coefficient (Wildman–Crippen LogP) is 2.68. The molecule has 2 atom stereocenters. The molecule has 0 N–H and O–H groups in total. The van der Waals surface area contributed by atoms with Crippen LogP contribution in [0, 0.1) is 0 Å². The fourth-order valence-electron chi connectivity index (χ4n) is 2.86. The number of allylic oxidation sites excluding steroid dienone is 2. The van der Waals surface area contributed by atoms with Crippen LogP contribution in [0.3, 0.4) is 0 Å². The maximum atomic E-state index is 11.1. The van der Waals surface area contributed by atoms with Crippen LogP contribution in [-0.4, -0.2) is 11.9 Å². The lowest BCUT2D eigenvalue weighted by Gasteiger charge is -2.15. The number of ether oxygens (including phenoxy) is 2. The summed E-state index contributed by atoms with van der Waals surface area (Å²) in [7, 11) is 0. The van der Waals surface area contributed by atoms with E-state index in [1.54, 1.807) is 0 Å². The minimum absolute atomic E-state index is 0.322. The molecule has 3 rings (SSSR count). The van der Waals surface area contributed by atoms with Gasteiger partial charge < -0.3 is 9.47 Å². The van der Waals surface area contributed by atoms with Crippen LogP contribution in [0.4, 0.5) is 0 Å². The Morgan fingerprint density at radius 1 is 0.947 bits per heavy atom. The Hall–Kier alpha value is -2.10. The number of carbonyl (C=O) groups excluding carboxylic acids is 2. The molecule has 0 unspecified atom stereocenters. The first-order valence-corrected chi connectivity index (χ1v) is 6.27. The highest BCUT2D eigenvalue weighted by Crippen LogP contribution is 2.51. The second-order valence-electron chi connectivity index (χ2n) is 4.95. The van der Waals surface area contributed by atoms with E-state index in [-0.39, 0.29) is 0 Å². The Morgan fingerprint density at radius 3 is 1.74 bits per heavy atom. The Kier molecular flexibility index (Phi) is 2.66. The molecule has 0 amide bonds. The first-order chi connectivity index (χ1) is 9.04. The summed E-state index contributed by atoms with van der Waals surface area (Å²) in [5.74, 6) is 0.574. The van der Waals surface area contributed by atoms with Gasteiger partial charge in [0.1, 0.15) is 0 Å². The van der Waals surface area contributed by atoms with Crippen molar-refractivity contribution >= 4 is 11.9 Å². The fraction of sp³-hybridized carbons (Fsp3) is 0.333. The van der Waals surface area contributed by atoms with E-state index in [9.17, 15) is 9.59 Å². The lowest BCUT2D eigenvalue weighted by molar-refractivity contribution is -0.134. The normalized spacial score (nSPS) is 22.2. The lowest BCUT2D eigenvalue weighted by atomic mass is 9.96. The van der Waals surface area contributed by atoms with Crippen molar-refractivity contribution < 1.29 is 19.1 Å². The summed E-state index contributed by atoms with van der Waals surface area (Å²) < 4.78 is 10.3. The Labute approximate surface area is 111 Å². The second-order valence-corrected chi connectivity index (χ2v) is 4.95. The van der Waals surface area contributed by atoms with Gasteiger partial charge in [0.05, 0.1) is 0 Å². The molecule has 0 saturated carbocycles. The smallest absolute Gasteiger partial charge is 0.308 e. The van der Waals surface area contributed by atoms with Crippen LogP contribution in [0.25, 0.3) is 0 Å². The van der Waals surface area contributed by atoms with Crippen LogP contribution in [-0.2, 0) is 9.59 Å². The van der Waals surface area contributed by atoms with Gasteiger partial charge >= 0.3 is 11.9 Å². The lowest BCUT2D eigenvalue weighted by Crippen LogP contribution is -2.08. The van der Waals surface area contributed by atoms with Crippen molar-refractivity contribution in [1.82, 2.24) is 0 Å². The van der Waals surface area contributed by atoms with Gasteiger partial charge in [-0.3, -0.25) is 9.59 Å². The zero-order valence-electron chi connectivity index (χ0n) is 10.8. The highest BCUT2D eigenvalue weighted by Gasteiger charge is 2.34. The van der Waals surface area contributed by atoms with E-state index >= 15 is 0 Å². The average molecular weight is 258 g/mol. The highest BCUT2D eigenvalue weighted by molar-refractivity contribution is 5.74. The standard InChI is InChI=1S/C15H14O4/c1-8(16)18-14-6-12-10-3-4-11(5-10)13(12)7-15(14)19-9(2)17/h3-4,6-7,10-11H,5H2,1-2H3/t10-,11+. The molecule has 0 aromatic heterocycles. The van der Waals surface area contributed by atoms with Crippen LogP contribution < -0.4 is 9.47 Å². The Morgan fingerprint density at radius 2 is 1.37 bits per heavy atom. The zero-order valence-corrected chi connectivity index (χ0v) is 10.8. The molecular formula is C15H14O4. The molecule has 4 nitrogen and oxygen atoms in total. The van der Waals surface area contributed by atoms with Crippen molar-refractivity contribution in [3.05, 3.63) is 35.4 Å². The third kappa shape index (κ3) is 2.03. The molecule has 0 heterocycles. The summed E-state index contributed by atoms with van der Waals surface area (Å²) >= 11 is 0. The van der Waals surface area contributed by atoms with Crippen molar-refractivity contribution in [2.45, 2.75) is 32.1 Å². The van der Waals surface area contributed by atoms with Gasteiger partial charge in [-0.05, 0) is 29.7 Å². The Bertz CT molecular complexity index is 549. The summed E-state index contributed by atoms with van der Waals surface area (Å²) in [4.78, 5) is 22.3. The maximum Gasteiger partial charge on any atom is 0.308 e. The van der Waals surface area contributed by atoms with Gasteiger partial charge in [0.25, 0.3) is 0 Å². The summed E-state index contributed by atoms with van der Waals surface area (Å²) in [6.07, 6.45) is 5.41. The van der Waals surface area contributed by atoms with E-state index in [4.69, 9.17) is 9.47 Å². The molecule has 2 aliphatic rings. The van der Waals surface area contributed by atoms with Crippen molar-refractivity contribution in [2.75, 3.05) is 0 Å². The summed E-state index contributed by atoms with van der Waals surface area (Å²) in [5.41, 5.74) is 2.33. The van der Waals surface area contributed by atoms with Gasteiger partial charge in [-0.1, -0.05) is 12.2 Å². The minimum Gasteiger partial charge on any atom is -0.423 e. The SMILES string of the molecule is CC(=O)Oc1cc2c(cc1OC(C)=O)[C@H]1C=C[C@@H]2C1. The molecule has 1 aromatic carbocycles. The number of hydrogen-bond acceptors (Lipinski definition) is 4. The minimum atomic E-state index is -0.424. The van der Waals surface area contributed by atoms with Crippen LogP contribution in [0.1, 0.15) is 43.2 Å². The molecule has 4 heteroatoms. The third-order valence-electron chi connectivity index (χ3n) is 3.54. The van der Waals surface area contributed by atoms with Gasteiger partial charge in [0.15, 0.2) is 11.5 Å². The molecule has 2 bridgehead atoms. The molecule has 0 fully saturated rings. The Balaban J connectivity index is 2.05. The van der Waals surface area contributed by atoms with Crippen molar-refractivity contribution in [3.63, 3.8) is 0 Å². The summed E-state index contributed by atoms with van der Waals surface area (Å²) in [6, 6.07) is 3.65. The molecule has 0 radical (unpaired) electrons. The average Bonchev–Trinajstić information content (AvgIpc) is 2.89. The fourth-order valence-corrected chi connectivity index (χ4v) is 2.86. The third-order valence-corrected chi connectivity index (χ3v) is 3.54. The number of fused-ring (bicyclic) bond motifs is 5. The van der Waals surface area contributed by atoms with E-state index in [1.165, 1.54) is 25.0 Å². The largest absolute Gasteiger partial charge is 0.423 e. The van der Waals surface area contributed by atoms with E-state index in [2.05, 4.69) is 12.2 Å². The van der Waals surface area contributed by atoms with Crippen LogP contribution >= 0.6 is 0 Å². The summed E-state index contributed by atoms with van der Waals surface area (Å²) in [5, 5.41) is 0. The van der Waals surface area contributed by atoms with Crippen molar-refractivity contribution in [2.24, 2.45) is 0 Å². The molecule has 98 valence electrons. The second kappa shape index (κ2) is 4.23. The predicted molar refractivity (Wildman–Crippen MR) is 68.3 cm³/mol. The number of benzene rings is 1. The first kappa shape index (κ1) is 12.0. The van der Waals surface area contributed by atoms with Gasteiger partial charge in [-0.2, -0.15) is 0 Å². The van der Waals surface area contributed by atoms with E-state index in [0.717, 1.165) is 6.42 Å². The van der Waals surface area contributed by atoms with E-state index in [0.29, 0.717) is 23.3 Å². The van der Waals surface area contributed by atoms with Crippen LogP contribution in [0.5, 0.6) is 11.5 Å². The molecule has 0 saturated heterocycles. The van der Waals surface area contributed by atoms with Gasteiger partial charge in [0.2, 0.25) is 0 Å². The van der Waals surface area contributed by atoms with E-state index in [1.807, 2.05) is 12.1 Å². The van der Waals surface area contributed by atoms with Crippen molar-refractivity contribution in [1.29, 1.82) is 0 Å². The van der Waals surface area contributed by atoms with Gasteiger partial charge in [0, 0.05) is 25.7 Å².